The summed E-state index contributed by atoms with van der Waals surface area (Å²) in [5.41, 5.74) is 0.999. The Bertz CT molecular complexity index is 556. The number of benzene rings is 1. The van der Waals surface area contributed by atoms with Crippen molar-refractivity contribution in [1.29, 1.82) is 0 Å². The summed E-state index contributed by atoms with van der Waals surface area (Å²) in [6, 6.07) is 9.71. The molecular formula is C11H11NO3S. The van der Waals surface area contributed by atoms with Gasteiger partial charge in [-0.05, 0) is 25.1 Å². The van der Waals surface area contributed by atoms with E-state index in [0.717, 1.165) is 5.56 Å². The molecule has 16 heavy (non-hydrogen) atoms. The number of nitrogens with one attached hydrogen (secondary N) is 1. The van der Waals surface area contributed by atoms with Gasteiger partial charge in [0.25, 0.3) is 0 Å². The maximum absolute atomic E-state index is 11.8. The Morgan fingerprint density at radius 2 is 1.81 bits per heavy atom. The highest BCUT2D eigenvalue weighted by Crippen LogP contribution is 2.16. The molecule has 0 fully saturated rings. The largest absolute Gasteiger partial charge is 0.360 e. The normalized spacial score (nSPS) is 11.3. The average Bonchev–Trinajstić information content (AvgIpc) is 2.70. The Kier molecular flexibility index (Phi) is 2.70. The molecule has 0 aliphatic rings. The van der Waals surface area contributed by atoms with Crippen molar-refractivity contribution in [2.24, 2.45) is 0 Å². The highest BCUT2D eigenvalue weighted by molar-refractivity contribution is 7.87. The average molecular weight is 237 g/mol. The standard InChI is InChI=1S/C11H11NO3S/c1-9-4-6-10(7-5-9)16(13,14)15-11-3-2-8-12-11/h2-8,12H,1H3. The van der Waals surface area contributed by atoms with Gasteiger partial charge in [-0.15, -0.1) is 0 Å². The van der Waals surface area contributed by atoms with Crippen LogP contribution in [0.15, 0.2) is 47.5 Å². The zero-order chi connectivity index (χ0) is 11.6. The van der Waals surface area contributed by atoms with Crippen molar-refractivity contribution in [3.8, 4) is 5.88 Å². The molecule has 0 aliphatic heterocycles. The third kappa shape index (κ3) is 2.25. The van der Waals surface area contributed by atoms with Crippen molar-refractivity contribution in [2.45, 2.75) is 11.8 Å². The molecule has 0 amide bonds. The van der Waals surface area contributed by atoms with E-state index in [-0.39, 0.29) is 10.8 Å². The first-order valence-corrected chi connectivity index (χ1v) is 6.13. The van der Waals surface area contributed by atoms with Gasteiger partial charge in [-0.2, -0.15) is 8.42 Å². The lowest BCUT2D eigenvalue weighted by Crippen LogP contribution is -2.09. The molecule has 0 aliphatic carbocycles. The Balaban J connectivity index is 2.29. The van der Waals surface area contributed by atoms with E-state index in [2.05, 4.69) is 4.98 Å². The Labute approximate surface area is 94.0 Å². The van der Waals surface area contributed by atoms with Gasteiger partial charge in [0.15, 0.2) is 0 Å². The van der Waals surface area contributed by atoms with Crippen molar-refractivity contribution < 1.29 is 12.6 Å². The number of hydrogen-bond acceptors (Lipinski definition) is 3. The van der Waals surface area contributed by atoms with Crippen LogP contribution < -0.4 is 4.18 Å². The van der Waals surface area contributed by atoms with E-state index in [4.69, 9.17) is 4.18 Å². The van der Waals surface area contributed by atoms with Crippen LogP contribution in [-0.4, -0.2) is 13.4 Å². The minimum absolute atomic E-state index is 0.146. The fourth-order valence-corrected chi connectivity index (χ4v) is 2.14. The molecule has 1 aromatic carbocycles. The van der Waals surface area contributed by atoms with E-state index >= 15 is 0 Å². The molecule has 1 N–H and O–H groups in total. The molecule has 2 aromatic rings. The van der Waals surface area contributed by atoms with E-state index in [1.807, 2.05) is 6.92 Å². The number of aromatic nitrogens is 1. The molecule has 2 rings (SSSR count). The molecule has 0 atom stereocenters. The van der Waals surface area contributed by atoms with Crippen LogP contribution in [0.4, 0.5) is 0 Å². The van der Waals surface area contributed by atoms with Gasteiger partial charge in [-0.25, -0.2) is 0 Å². The summed E-state index contributed by atoms with van der Waals surface area (Å²) in [6.07, 6.45) is 1.60. The first-order chi connectivity index (χ1) is 7.58. The van der Waals surface area contributed by atoms with Crippen molar-refractivity contribution >= 4 is 10.1 Å². The third-order valence-corrected chi connectivity index (χ3v) is 3.33. The molecule has 0 saturated heterocycles. The van der Waals surface area contributed by atoms with Crippen LogP contribution >= 0.6 is 0 Å². The molecule has 0 unspecified atom stereocenters. The fourth-order valence-electron chi connectivity index (χ4n) is 1.24. The summed E-state index contributed by atoms with van der Waals surface area (Å²) in [4.78, 5) is 2.82. The highest BCUT2D eigenvalue weighted by Gasteiger charge is 2.16. The summed E-state index contributed by atoms with van der Waals surface area (Å²) < 4.78 is 28.4. The maximum atomic E-state index is 11.8. The minimum atomic E-state index is -3.73. The summed E-state index contributed by atoms with van der Waals surface area (Å²) in [5.74, 6) is 0.209. The summed E-state index contributed by atoms with van der Waals surface area (Å²) in [6.45, 7) is 1.89. The van der Waals surface area contributed by atoms with Crippen LogP contribution in [0.3, 0.4) is 0 Å². The van der Waals surface area contributed by atoms with Gasteiger partial charge >= 0.3 is 10.1 Å². The van der Waals surface area contributed by atoms with E-state index in [1.165, 1.54) is 12.1 Å². The second kappa shape index (κ2) is 4.02. The summed E-state index contributed by atoms with van der Waals surface area (Å²) >= 11 is 0. The smallest absolute Gasteiger partial charge is 0.340 e. The van der Waals surface area contributed by atoms with Crippen molar-refractivity contribution in [1.82, 2.24) is 4.98 Å². The van der Waals surface area contributed by atoms with Gasteiger partial charge in [-0.1, -0.05) is 17.7 Å². The summed E-state index contributed by atoms with van der Waals surface area (Å²) in [7, 11) is -3.73. The molecule has 4 nitrogen and oxygen atoms in total. The molecule has 1 heterocycles. The topological polar surface area (TPSA) is 59.2 Å². The molecule has 84 valence electrons. The number of aromatic amines is 1. The Morgan fingerprint density at radius 3 is 2.38 bits per heavy atom. The number of rotatable bonds is 3. The molecular weight excluding hydrogens is 226 g/mol. The molecule has 0 radical (unpaired) electrons. The minimum Gasteiger partial charge on any atom is -0.360 e. The molecule has 0 spiro atoms. The Morgan fingerprint density at radius 1 is 1.12 bits per heavy atom. The molecule has 0 saturated carbocycles. The fraction of sp³-hybridized carbons (Fsp3) is 0.0909. The first-order valence-electron chi connectivity index (χ1n) is 4.72. The lowest BCUT2D eigenvalue weighted by atomic mass is 10.2. The quantitative estimate of drug-likeness (QED) is 0.831. The van der Waals surface area contributed by atoms with Crippen LogP contribution in [0.5, 0.6) is 5.88 Å². The highest BCUT2D eigenvalue weighted by atomic mass is 32.2. The van der Waals surface area contributed by atoms with E-state index in [9.17, 15) is 8.42 Å². The second-order valence-electron chi connectivity index (χ2n) is 3.38. The van der Waals surface area contributed by atoms with Gasteiger partial charge in [0.05, 0.1) is 0 Å². The van der Waals surface area contributed by atoms with E-state index in [0.29, 0.717) is 0 Å². The zero-order valence-corrected chi connectivity index (χ0v) is 9.49. The van der Waals surface area contributed by atoms with Crippen molar-refractivity contribution in [3.63, 3.8) is 0 Å². The molecule has 0 bridgehead atoms. The van der Waals surface area contributed by atoms with Gasteiger partial charge < -0.3 is 9.17 Å². The molecule has 1 aromatic heterocycles. The third-order valence-electron chi connectivity index (χ3n) is 2.08. The maximum Gasteiger partial charge on any atom is 0.340 e. The van der Waals surface area contributed by atoms with Gasteiger partial charge in [0.1, 0.15) is 4.90 Å². The van der Waals surface area contributed by atoms with Gasteiger partial charge in [0, 0.05) is 12.3 Å². The van der Waals surface area contributed by atoms with Gasteiger partial charge in [-0.3, -0.25) is 0 Å². The Hall–Kier alpha value is -1.75. The van der Waals surface area contributed by atoms with Crippen LogP contribution in [0, 0.1) is 6.92 Å². The van der Waals surface area contributed by atoms with Crippen LogP contribution in [-0.2, 0) is 10.1 Å². The van der Waals surface area contributed by atoms with Crippen LogP contribution in [0.25, 0.3) is 0 Å². The second-order valence-corrected chi connectivity index (χ2v) is 4.93. The zero-order valence-electron chi connectivity index (χ0n) is 8.67. The van der Waals surface area contributed by atoms with Crippen LogP contribution in [0.2, 0.25) is 0 Å². The monoisotopic (exact) mass is 237 g/mol. The lowest BCUT2D eigenvalue weighted by Gasteiger charge is -2.04. The van der Waals surface area contributed by atoms with Gasteiger partial charge in [0.2, 0.25) is 5.88 Å². The number of hydrogen-bond donors (Lipinski definition) is 1. The van der Waals surface area contributed by atoms with Crippen molar-refractivity contribution in [3.05, 3.63) is 48.2 Å². The predicted octanol–water partition coefficient (Wildman–Crippen LogP) is 2.09. The van der Waals surface area contributed by atoms with Crippen molar-refractivity contribution in [2.75, 3.05) is 0 Å². The first kappa shape index (κ1) is 10.8. The number of aryl methyl sites for hydroxylation is 1. The number of H-pyrrole nitrogens is 1. The lowest BCUT2D eigenvalue weighted by molar-refractivity contribution is 0.478. The van der Waals surface area contributed by atoms with E-state index in [1.54, 1.807) is 30.5 Å². The van der Waals surface area contributed by atoms with E-state index < -0.39 is 10.1 Å². The predicted molar refractivity (Wildman–Crippen MR) is 59.8 cm³/mol. The summed E-state index contributed by atoms with van der Waals surface area (Å²) in [5, 5.41) is 0. The molecule has 5 heteroatoms. The SMILES string of the molecule is Cc1ccc(S(=O)(=O)Oc2ccc[nH]2)cc1. The van der Waals surface area contributed by atoms with Crippen LogP contribution in [0.1, 0.15) is 5.56 Å².